The average molecular weight is 385 g/mol. The van der Waals surface area contributed by atoms with Crippen molar-refractivity contribution < 1.29 is 4.74 Å². The first-order valence-electron chi connectivity index (χ1n) is 5.98. The number of ether oxygens (including phenoxy) is 1. The Morgan fingerprint density at radius 3 is 2.47 bits per heavy atom. The maximum absolute atomic E-state index is 6.02. The Hall–Kier alpha value is -0.840. The first-order chi connectivity index (χ1) is 9.10. The number of aryl methyl sites for hydroxylation is 1. The first-order valence-corrected chi connectivity index (χ1v) is 7.57. The summed E-state index contributed by atoms with van der Waals surface area (Å²) in [5.74, 6) is 0.860. The van der Waals surface area contributed by atoms with E-state index in [-0.39, 0.29) is 6.10 Å². The molecule has 0 saturated heterocycles. The van der Waals surface area contributed by atoms with Gasteiger partial charge in [-0.05, 0) is 48.4 Å². The van der Waals surface area contributed by atoms with Crippen LogP contribution >= 0.6 is 31.9 Å². The van der Waals surface area contributed by atoms with Gasteiger partial charge in [-0.2, -0.15) is 0 Å². The number of halogens is 2. The Labute approximate surface area is 130 Å². The largest absolute Gasteiger partial charge is 0.484 e. The van der Waals surface area contributed by atoms with Gasteiger partial charge >= 0.3 is 0 Å². The molecule has 2 rings (SSSR count). The molecule has 2 aromatic rings. The third-order valence-electron chi connectivity index (χ3n) is 2.84. The number of benzene rings is 2. The number of nitrogens with two attached hydrogens (primary N) is 1. The van der Waals surface area contributed by atoms with Crippen molar-refractivity contribution in [3.8, 4) is 5.75 Å². The fourth-order valence-corrected chi connectivity index (χ4v) is 2.75. The minimum atomic E-state index is -0.141. The molecule has 19 heavy (non-hydrogen) atoms. The fraction of sp³-hybridized carbons (Fsp3) is 0.200. The maximum atomic E-state index is 6.02. The summed E-state index contributed by atoms with van der Waals surface area (Å²) in [6.07, 6.45) is -0.141. The third-order valence-corrected chi connectivity index (χ3v) is 3.83. The summed E-state index contributed by atoms with van der Waals surface area (Å²) in [7, 11) is 0. The summed E-state index contributed by atoms with van der Waals surface area (Å²) in [5.41, 5.74) is 7.99. The molecule has 4 heteroatoms. The van der Waals surface area contributed by atoms with Gasteiger partial charge < -0.3 is 10.5 Å². The second-order valence-corrected chi connectivity index (χ2v) is 6.14. The van der Waals surface area contributed by atoms with E-state index in [1.165, 1.54) is 0 Å². The minimum absolute atomic E-state index is 0.141. The quantitative estimate of drug-likeness (QED) is 0.835. The van der Waals surface area contributed by atoms with Gasteiger partial charge in [0.25, 0.3) is 0 Å². The molecule has 0 aliphatic heterocycles. The Morgan fingerprint density at radius 2 is 1.84 bits per heavy atom. The lowest BCUT2D eigenvalue weighted by atomic mass is 10.1. The van der Waals surface area contributed by atoms with Crippen LogP contribution in [0.5, 0.6) is 5.75 Å². The van der Waals surface area contributed by atoms with Gasteiger partial charge in [0.1, 0.15) is 11.9 Å². The second-order valence-electron chi connectivity index (χ2n) is 4.31. The molecule has 2 nitrogen and oxygen atoms in total. The van der Waals surface area contributed by atoms with Gasteiger partial charge in [-0.1, -0.05) is 44.0 Å². The summed E-state index contributed by atoms with van der Waals surface area (Å²) in [4.78, 5) is 0. The zero-order chi connectivity index (χ0) is 13.8. The number of rotatable bonds is 4. The lowest BCUT2D eigenvalue weighted by molar-refractivity contribution is 0.212. The summed E-state index contributed by atoms with van der Waals surface area (Å²) in [6.45, 7) is 2.46. The molecule has 2 aromatic carbocycles. The van der Waals surface area contributed by atoms with Crippen LogP contribution in [0, 0.1) is 6.92 Å². The fourth-order valence-electron chi connectivity index (χ4n) is 1.86. The van der Waals surface area contributed by atoms with Gasteiger partial charge in [0, 0.05) is 15.5 Å². The van der Waals surface area contributed by atoms with Gasteiger partial charge in [0.15, 0.2) is 0 Å². The van der Waals surface area contributed by atoms with Crippen molar-refractivity contribution in [2.75, 3.05) is 6.54 Å². The third kappa shape index (κ3) is 3.81. The van der Waals surface area contributed by atoms with Crippen molar-refractivity contribution in [1.82, 2.24) is 0 Å². The molecule has 0 saturated carbocycles. The Balaban J connectivity index is 2.24. The average Bonchev–Trinajstić information content (AvgIpc) is 2.38. The molecular weight excluding hydrogens is 370 g/mol. The lowest BCUT2D eigenvalue weighted by Crippen LogP contribution is -2.18. The molecule has 0 spiro atoms. The Bertz CT molecular complexity index is 572. The molecule has 0 radical (unpaired) electrons. The van der Waals surface area contributed by atoms with Crippen LogP contribution in [0.25, 0.3) is 0 Å². The predicted octanol–water partition coefficient (Wildman–Crippen LogP) is 4.60. The van der Waals surface area contributed by atoms with Crippen molar-refractivity contribution >= 4 is 31.9 Å². The monoisotopic (exact) mass is 383 g/mol. The molecule has 0 heterocycles. The molecule has 1 unspecified atom stereocenters. The van der Waals surface area contributed by atoms with E-state index in [9.17, 15) is 0 Å². The van der Waals surface area contributed by atoms with Crippen molar-refractivity contribution in [3.63, 3.8) is 0 Å². The van der Waals surface area contributed by atoms with E-state index in [0.717, 1.165) is 25.8 Å². The summed E-state index contributed by atoms with van der Waals surface area (Å²) in [6, 6.07) is 14.0. The van der Waals surface area contributed by atoms with Gasteiger partial charge in [-0.25, -0.2) is 0 Å². The standard InChI is InChI=1S/C15H15Br2NO/c1-10-7-13(17)5-6-14(10)19-15(9-18)11-3-2-4-12(16)8-11/h2-8,15H,9,18H2,1H3. The highest BCUT2D eigenvalue weighted by molar-refractivity contribution is 9.10. The van der Waals surface area contributed by atoms with Crippen LogP contribution in [0.2, 0.25) is 0 Å². The molecule has 1 atom stereocenters. The highest BCUT2D eigenvalue weighted by Gasteiger charge is 2.13. The first kappa shape index (κ1) is 14.6. The molecule has 0 fully saturated rings. The van der Waals surface area contributed by atoms with E-state index in [0.29, 0.717) is 6.54 Å². The molecule has 0 amide bonds. The SMILES string of the molecule is Cc1cc(Br)ccc1OC(CN)c1cccc(Br)c1. The van der Waals surface area contributed by atoms with Crippen LogP contribution in [-0.2, 0) is 0 Å². The molecule has 100 valence electrons. The Kier molecular flexibility index (Phi) is 5.02. The molecule has 2 N–H and O–H groups in total. The van der Waals surface area contributed by atoms with E-state index >= 15 is 0 Å². The van der Waals surface area contributed by atoms with Crippen molar-refractivity contribution in [1.29, 1.82) is 0 Å². The van der Waals surface area contributed by atoms with Gasteiger partial charge in [-0.15, -0.1) is 0 Å². The van der Waals surface area contributed by atoms with Crippen LogP contribution < -0.4 is 10.5 Å². The molecular formula is C15H15Br2NO. The van der Waals surface area contributed by atoms with E-state index in [2.05, 4.69) is 31.9 Å². The highest BCUT2D eigenvalue weighted by Crippen LogP contribution is 2.28. The van der Waals surface area contributed by atoms with Crippen molar-refractivity contribution in [3.05, 3.63) is 62.5 Å². The van der Waals surface area contributed by atoms with E-state index in [1.54, 1.807) is 0 Å². The second kappa shape index (κ2) is 6.55. The molecule has 0 aromatic heterocycles. The summed E-state index contributed by atoms with van der Waals surface area (Å²) in [5, 5.41) is 0. The molecule has 0 bridgehead atoms. The predicted molar refractivity (Wildman–Crippen MR) is 85.4 cm³/mol. The van der Waals surface area contributed by atoms with E-state index in [1.807, 2.05) is 49.4 Å². The topological polar surface area (TPSA) is 35.2 Å². The van der Waals surface area contributed by atoms with Crippen LogP contribution in [0.3, 0.4) is 0 Å². The number of hydrogen-bond acceptors (Lipinski definition) is 2. The van der Waals surface area contributed by atoms with Crippen molar-refractivity contribution in [2.45, 2.75) is 13.0 Å². The van der Waals surface area contributed by atoms with E-state index in [4.69, 9.17) is 10.5 Å². The summed E-state index contributed by atoms with van der Waals surface area (Å²) < 4.78 is 8.10. The van der Waals surface area contributed by atoms with Crippen LogP contribution in [0.15, 0.2) is 51.4 Å². The zero-order valence-corrected chi connectivity index (χ0v) is 13.7. The Morgan fingerprint density at radius 1 is 1.11 bits per heavy atom. The minimum Gasteiger partial charge on any atom is -0.484 e. The zero-order valence-electron chi connectivity index (χ0n) is 10.6. The number of hydrogen-bond donors (Lipinski definition) is 1. The van der Waals surface area contributed by atoms with Crippen LogP contribution in [-0.4, -0.2) is 6.54 Å². The van der Waals surface area contributed by atoms with Gasteiger partial charge in [0.05, 0.1) is 0 Å². The van der Waals surface area contributed by atoms with E-state index < -0.39 is 0 Å². The molecule has 0 aliphatic rings. The van der Waals surface area contributed by atoms with Gasteiger partial charge in [-0.3, -0.25) is 0 Å². The summed E-state index contributed by atoms with van der Waals surface area (Å²) >= 11 is 6.91. The van der Waals surface area contributed by atoms with Crippen LogP contribution in [0.4, 0.5) is 0 Å². The maximum Gasteiger partial charge on any atom is 0.136 e. The molecule has 0 aliphatic carbocycles. The highest BCUT2D eigenvalue weighted by atomic mass is 79.9. The smallest absolute Gasteiger partial charge is 0.136 e. The van der Waals surface area contributed by atoms with Gasteiger partial charge in [0.2, 0.25) is 0 Å². The van der Waals surface area contributed by atoms with Crippen molar-refractivity contribution in [2.24, 2.45) is 5.73 Å². The van der Waals surface area contributed by atoms with Crippen LogP contribution in [0.1, 0.15) is 17.2 Å². The normalized spacial score (nSPS) is 12.2. The lowest BCUT2D eigenvalue weighted by Gasteiger charge is -2.19.